The molecule has 2 aromatic carbocycles. The number of para-hydroxylation sites is 1. The highest BCUT2D eigenvalue weighted by Gasteiger charge is 2.18. The number of halogens is 2. The molecule has 0 aromatic heterocycles. The lowest BCUT2D eigenvalue weighted by molar-refractivity contribution is 0.114. The second-order valence-corrected chi connectivity index (χ2v) is 7.44. The Kier molecular flexibility index (Phi) is 7.19. The molecule has 27 heavy (non-hydrogen) atoms. The van der Waals surface area contributed by atoms with E-state index in [9.17, 15) is 0 Å². The fourth-order valence-corrected chi connectivity index (χ4v) is 3.46. The van der Waals surface area contributed by atoms with Gasteiger partial charge in [0.1, 0.15) is 11.6 Å². The summed E-state index contributed by atoms with van der Waals surface area (Å²) in [6.45, 7) is 1.82. The molecular formula is C20H21Cl2NO3S. The first-order valence-electron chi connectivity index (χ1n) is 8.72. The first-order chi connectivity index (χ1) is 13.1. The molecule has 0 bridgehead atoms. The second kappa shape index (κ2) is 9.60. The highest BCUT2D eigenvalue weighted by atomic mass is 35.5. The van der Waals surface area contributed by atoms with Crippen molar-refractivity contribution in [3.05, 3.63) is 57.6 Å². The highest BCUT2D eigenvalue weighted by Crippen LogP contribution is 2.32. The normalized spacial score (nSPS) is 16.2. The standard InChI is InChI=1S/C20H21Cl2NO3S/c1-24-18-6-2-5-15(20(27)23-11-14-4-3-9-25-14)19(18)26-12-13-7-8-16(21)17(22)10-13/h2,5-8,10,14H,3-4,9,11-12H2,1H3,(H,23,27)/t14-/m0/s1. The molecule has 0 amide bonds. The number of methoxy groups -OCH3 is 1. The lowest BCUT2D eigenvalue weighted by Gasteiger charge is -2.18. The molecule has 0 spiro atoms. The van der Waals surface area contributed by atoms with Crippen molar-refractivity contribution in [2.45, 2.75) is 25.6 Å². The fraction of sp³-hybridized carbons (Fsp3) is 0.350. The first-order valence-corrected chi connectivity index (χ1v) is 9.88. The predicted molar refractivity (Wildman–Crippen MR) is 112 cm³/mol. The van der Waals surface area contributed by atoms with Crippen molar-refractivity contribution in [2.24, 2.45) is 0 Å². The van der Waals surface area contributed by atoms with E-state index in [4.69, 9.17) is 49.6 Å². The van der Waals surface area contributed by atoms with Crippen LogP contribution in [0.1, 0.15) is 24.0 Å². The average molecular weight is 426 g/mol. The maximum atomic E-state index is 6.08. The van der Waals surface area contributed by atoms with Gasteiger partial charge in [-0.1, -0.05) is 47.6 Å². The fourth-order valence-electron chi connectivity index (χ4n) is 2.90. The van der Waals surface area contributed by atoms with Crippen LogP contribution in [0.4, 0.5) is 0 Å². The molecule has 1 saturated heterocycles. The van der Waals surface area contributed by atoms with Gasteiger partial charge in [-0.05, 0) is 42.7 Å². The largest absolute Gasteiger partial charge is 0.493 e. The van der Waals surface area contributed by atoms with Crippen molar-refractivity contribution in [1.82, 2.24) is 5.32 Å². The molecular weight excluding hydrogens is 405 g/mol. The summed E-state index contributed by atoms with van der Waals surface area (Å²) in [5.41, 5.74) is 1.68. The number of hydrogen-bond donors (Lipinski definition) is 1. The van der Waals surface area contributed by atoms with Gasteiger partial charge >= 0.3 is 0 Å². The van der Waals surface area contributed by atoms with Gasteiger partial charge < -0.3 is 19.5 Å². The Balaban J connectivity index is 1.73. The zero-order chi connectivity index (χ0) is 19.2. The molecule has 1 N–H and O–H groups in total. The first kappa shape index (κ1) is 20.2. The Bertz CT molecular complexity index is 810. The van der Waals surface area contributed by atoms with Crippen LogP contribution >= 0.6 is 35.4 Å². The summed E-state index contributed by atoms with van der Waals surface area (Å²) >= 11 is 17.6. The van der Waals surface area contributed by atoms with Gasteiger partial charge in [-0.2, -0.15) is 0 Å². The smallest absolute Gasteiger partial charge is 0.171 e. The van der Waals surface area contributed by atoms with Crippen LogP contribution in [0.25, 0.3) is 0 Å². The van der Waals surface area contributed by atoms with E-state index in [1.807, 2.05) is 24.3 Å². The zero-order valence-corrected chi connectivity index (χ0v) is 17.3. The van der Waals surface area contributed by atoms with Gasteiger partial charge in [-0.15, -0.1) is 0 Å². The van der Waals surface area contributed by atoms with Crippen LogP contribution in [0.5, 0.6) is 11.5 Å². The number of hydrogen-bond acceptors (Lipinski definition) is 4. The van der Waals surface area contributed by atoms with Crippen molar-refractivity contribution in [3.8, 4) is 11.5 Å². The maximum Gasteiger partial charge on any atom is 0.171 e. The van der Waals surface area contributed by atoms with Crippen LogP contribution in [0, 0.1) is 0 Å². The average Bonchev–Trinajstić information content (AvgIpc) is 3.20. The Morgan fingerprint density at radius 2 is 2.11 bits per heavy atom. The predicted octanol–water partition coefficient (Wildman–Crippen LogP) is 5.03. The van der Waals surface area contributed by atoms with E-state index >= 15 is 0 Å². The summed E-state index contributed by atoms with van der Waals surface area (Å²) in [5.74, 6) is 1.21. The highest BCUT2D eigenvalue weighted by molar-refractivity contribution is 7.80. The van der Waals surface area contributed by atoms with Crippen molar-refractivity contribution in [1.29, 1.82) is 0 Å². The molecule has 1 aliphatic heterocycles. The lowest BCUT2D eigenvalue weighted by Crippen LogP contribution is -2.31. The molecule has 1 fully saturated rings. The summed E-state index contributed by atoms with van der Waals surface area (Å²) in [6.07, 6.45) is 2.35. The van der Waals surface area contributed by atoms with E-state index in [2.05, 4.69) is 5.32 Å². The van der Waals surface area contributed by atoms with Gasteiger partial charge in [-0.25, -0.2) is 0 Å². The number of ether oxygens (including phenoxy) is 3. The van der Waals surface area contributed by atoms with Gasteiger partial charge in [-0.3, -0.25) is 0 Å². The monoisotopic (exact) mass is 425 g/mol. The van der Waals surface area contributed by atoms with E-state index in [0.29, 0.717) is 39.7 Å². The zero-order valence-electron chi connectivity index (χ0n) is 15.0. The maximum absolute atomic E-state index is 6.08. The summed E-state index contributed by atoms with van der Waals surface area (Å²) in [6, 6.07) is 11.1. The van der Waals surface area contributed by atoms with Crippen molar-refractivity contribution in [2.75, 3.05) is 20.3 Å². The van der Waals surface area contributed by atoms with E-state index in [0.717, 1.165) is 30.6 Å². The van der Waals surface area contributed by atoms with Crippen LogP contribution in [0.3, 0.4) is 0 Å². The molecule has 0 saturated carbocycles. The minimum absolute atomic E-state index is 0.203. The Morgan fingerprint density at radius 1 is 1.26 bits per heavy atom. The molecule has 0 unspecified atom stereocenters. The Labute approximate surface area is 174 Å². The number of nitrogens with one attached hydrogen (secondary N) is 1. The molecule has 1 heterocycles. The molecule has 3 rings (SSSR count). The summed E-state index contributed by atoms with van der Waals surface area (Å²) in [4.78, 5) is 0.605. The van der Waals surface area contributed by atoms with E-state index in [1.54, 1.807) is 19.2 Å². The van der Waals surface area contributed by atoms with Gasteiger partial charge in [0.05, 0.1) is 28.8 Å². The SMILES string of the molecule is COc1cccc(C(=S)NC[C@@H]2CCCO2)c1OCc1ccc(Cl)c(Cl)c1. The third-order valence-electron chi connectivity index (χ3n) is 4.32. The van der Waals surface area contributed by atoms with Gasteiger partial charge in [0.25, 0.3) is 0 Å². The van der Waals surface area contributed by atoms with Crippen LogP contribution in [0.15, 0.2) is 36.4 Å². The molecule has 0 aliphatic carbocycles. The molecule has 144 valence electrons. The van der Waals surface area contributed by atoms with Gasteiger partial charge in [0, 0.05) is 13.2 Å². The third-order valence-corrected chi connectivity index (χ3v) is 5.43. The van der Waals surface area contributed by atoms with Crippen LogP contribution in [0.2, 0.25) is 10.0 Å². The summed E-state index contributed by atoms with van der Waals surface area (Å²) < 4.78 is 17.1. The van der Waals surface area contributed by atoms with Crippen molar-refractivity contribution in [3.63, 3.8) is 0 Å². The number of rotatable bonds is 7. The minimum atomic E-state index is 0.203. The Morgan fingerprint density at radius 3 is 2.81 bits per heavy atom. The van der Waals surface area contributed by atoms with Crippen LogP contribution in [-0.4, -0.2) is 31.4 Å². The van der Waals surface area contributed by atoms with Crippen molar-refractivity contribution < 1.29 is 14.2 Å². The minimum Gasteiger partial charge on any atom is -0.493 e. The Hall–Kier alpha value is -1.53. The lowest BCUT2D eigenvalue weighted by atomic mass is 10.1. The van der Waals surface area contributed by atoms with E-state index in [1.165, 1.54) is 0 Å². The van der Waals surface area contributed by atoms with Gasteiger partial charge in [0.15, 0.2) is 11.5 Å². The third kappa shape index (κ3) is 5.26. The topological polar surface area (TPSA) is 39.7 Å². The van der Waals surface area contributed by atoms with E-state index in [-0.39, 0.29) is 6.10 Å². The number of thiocarbonyl (C=S) groups is 1. The molecule has 2 aromatic rings. The number of benzene rings is 2. The summed E-state index contributed by atoms with van der Waals surface area (Å²) in [5, 5.41) is 4.28. The molecule has 4 nitrogen and oxygen atoms in total. The van der Waals surface area contributed by atoms with E-state index < -0.39 is 0 Å². The van der Waals surface area contributed by atoms with Gasteiger partial charge in [0.2, 0.25) is 0 Å². The summed E-state index contributed by atoms with van der Waals surface area (Å²) in [7, 11) is 1.61. The molecule has 7 heteroatoms. The quantitative estimate of drug-likeness (QED) is 0.630. The van der Waals surface area contributed by atoms with Crippen LogP contribution in [-0.2, 0) is 11.3 Å². The molecule has 1 atom stereocenters. The molecule has 1 aliphatic rings. The van der Waals surface area contributed by atoms with Crippen molar-refractivity contribution >= 4 is 40.4 Å². The molecule has 0 radical (unpaired) electrons. The van der Waals surface area contributed by atoms with Crippen LogP contribution < -0.4 is 14.8 Å². The second-order valence-electron chi connectivity index (χ2n) is 6.22.